The van der Waals surface area contributed by atoms with Crippen LogP contribution in [0.3, 0.4) is 0 Å². The number of ether oxygens (including phenoxy) is 8. The molecule has 24 aromatic carbocycles. The molecule has 0 spiro atoms. The molecule has 0 bridgehead atoms. The van der Waals surface area contributed by atoms with Crippen LogP contribution in [-0.2, 0) is 0 Å². The molecular formula is C134H80B4N2O8. The number of hydrogen-bond donors (Lipinski definition) is 0. The molecule has 26 aromatic rings. The summed E-state index contributed by atoms with van der Waals surface area (Å²) in [6, 6.07) is 171. The Hall–Kier alpha value is -19.2. The SMILES string of the molecule is c1ccc2c(c1)Oc1cc(-c3cc4ccccc4c4ccccc34)cc3c1B2c1ccccc1O3.c1ccc2c(c1)Oc1cc(-c3ccc(-n4c5ccccc5c5ccccc54)cc3)cc3c1B2c1ccccc1O3.c1ccc2c(c1)Oc1cc(-c3ccc4c5ccccc5c5ccccc5c4c3)cc3c1B2c1ccccc1O3.c1ccc2c(c1)Oc1cc(-n3c4ccccc4c4ccccc43)cc3c1B2c1ccccc1O3. The minimum absolute atomic E-state index is 0.0888. The second-order valence-electron chi connectivity index (χ2n) is 39.2. The average Bonchev–Trinajstić information content (AvgIpc) is 0.956. The number of aromatic nitrogens is 2. The lowest BCUT2D eigenvalue weighted by atomic mass is 9.35. The van der Waals surface area contributed by atoms with E-state index in [-0.39, 0.29) is 26.9 Å². The van der Waals surface area contributed by atoms with Gasteiger partial charge in [-0.15, -0.1) is 0 Å². The van der Waals surface area contributed by atoms with E-state index in [2.05, 4.69) is 446 Å². The molecule has 0 amide bonds. The summed E-state index contributed by atoms with van der Waals surface area (Å²) in [6.07, 6.45) is 0. The van der Waals surface area contributed by atoms with Crippen LogP contribution in [0.1, 0.15) is 0 Å². The lowest BCUT2D eigenvalue weighted by Gasteiger charge is -2.33. The van der Waals surface area contributed by atoms with Crippen molar-refractivity contribution in [3.63, 3.8) is 0 Å². The Morgan fingerprint density at radius 2 is 0.365 bits per heavy atom. The minimum atomic E-state index is 0.0888. The van der Waals surface area contributed by atoms with E-state index in [4.69, 9.17) is 37.9 Å². The van der Waals surface area contributed by atoms with Crippen molar-refractivity contribution in [2.45, 2.75) is 0 Å². The van der Waals surface area contributed by atoms with Gasteiger partial charge in [-0.3, -0.25) is 0 Å². The maximum absolute atomic E-state index is 6.54. The Morgan fingerprint density at radius 3 is 0.696 bits per heavy atom. The molecule has 0 unspecified atom stereocenters. The van der Waals surface area contributed by atoms with E-state index < -0.39 is 0 Å². The largest absolute Gasteiger partial charge is 0.458 e. The molecule has 0 fully saturated rings. The van der Waals surface area contributed by atoms with Gasteiger partial charge < -0.3 is 47.0 Å². The molecule has 0 atom stereocenters. The molecule has 0 saturated carbocycles. The molecular weight excluding hydrogens is 1810 g/mol. The third-order valence-corrected chi connectivity index (χ3v) is 31.2. The molecule has 8 aliphatic rings. The van der Waals surface area contributed by atoms with Crippen LogP contribution in [0.2, 0.25) is 0 Å². The highest BCUT2D eigenvalue weighted by molar-refractivity contribution is 7.00. The van der Waals surface area contributed by atoms with Gasteiger partial charge in [-0.1, -0.05) is 340 Å². The number of nitrogens with zero attached hydrogens (tertiary/aromatic N) is 2. The first-order chi connectivity index (χ1) is 73.4. The van der Waals surface area contributed by atoms with Crippen LogP contribution in [0.4, 0.5) is 0 Å². The fraction of sp³-hybridized carbons (Fsp3) is 0. The van der Waals surface area contributed by atoms with Crippen LogP contribution in [0.15, 0.2) is 485 Å². The number of para-hydroxylation sites is 12. The Bertz CT molecular complexity index is 9750. The van der Waals surface area contributed by atoms with Crippen molar-refractivity contribution in [1.82, 2.24) is 9.13 Å². The summed E-state index contributed by atoms with van der Waals surface area (Å²) in [6.45, 7) is 0.363. The smallest absolute Gasteiger partial charge is 0.260 e. The Morgan fingerprint density at radius 1 is 0.135 bits per heavy atom. The second kappa shape index (κ2) is 33.2. The third kappa shape index (κ3) is 13.1. The van der Waals surface area contributed by atoms with Gasteiger partial charge in [-0.05, 0) is 264 Å². The van der Waals surface area contributed by atoms with E-state index in [1.165, 1.54) is 147 Å². The molecule has 0 N–H and O–H groups in total. The summed E-state index contributed by atoms with van der Waals surface area (Å²) >= 11 is 0. The van der Waals surface area contributed by atoms with Crippen molar-refractivity contribution >= 4 is 190 Å². The van der Waals surface area contributed by atoms with Crippen LogP contribution in [0.25, 0.3) is 142 Å². The predicted molar refractivity (Wildman–Crippen MR) is 609 cm³/mol. The van der Waals surface area contributed by atoms with Gasteiger partial charge >= 0.3 is 0 Å². The fourth-order valence-corrected chi connectivity index (χ4v) is 24.8. The summed E-state index contributed by atoms with van der Waals surface area (Å²) < 4.78 is 56.8. The predicted octanol–water partition coefficient (Wildman–Crippen LogP) is 26.6. The van der Waals surface area contributed by atoms with Crippen LogP contribution in [0, 0.1) is 0 Å². The molecule has 34 rings (SSSR count). The fourth-order valence-electron chi connectivity index (χ4n) is 24.8. The molecule has 0 aliphatic carbocycles. The van der Waals surface area contributed by atoms with Gasteiger partial charge in [0.1, 0.15) is 92.0 Å². The third-order valence-electron chi connectivity index (χ3n) is 31.2. The number of hydrogen-bond acceptors (Lipinski definition) is 8. The van der Waals surface area contributed by atoms with Gasteiger partial charge in [-0.25, -0.2) is 0 Å². The quantitative estimate of drug-likeness (QED) is 0.124. The number of rotatable bonds is 5. The molecule has 14 heteroatoms. The van der Waals surface area contributed by atoms with E-state index in [0.717, 1.165) is 153 Å². The molecule has 10 nitrogen and oxygen atoms in total. The molecule has 8 aliphatic heterocycles. The van der Waals surface area contributed by atoms with E-state index in [1.807, 2.05) is 48.5 Å². The van der Waals surface area contributed by atoms with E-state index in [1.54, 1.807) is 0 Å². The van der Waals surface area contributed by atoms with Crippen molar-refractivity contribution in [3.8, 4) is 137 Å². The summed E-state index contributed by atoms with van der Waals surface area (Å²) in [5.41, 5.74) is 27.4. The Kier molecular flexibility index (Phi) is 18.7. The first kappa shape index (κ1) is 83.5. The summed E-state index contributed by atoms with van der Waals surface area (Å²) in [5, 5.41) is 17.6. The molecule has 148 heavy (non-hydrogen) atoms. The van der Waals surface area contributed by atoms with Gasteiger partial charge in [0.2, 0.25) is 0 Å². The first-order valence-electron chi connectivity index (χ1n) is 50.6. The number of benzene rings is 24. The van der Waals surface area contributed by atoms with Crippen molar-refractivity contribution in [2.24, 2.45) is 0 Å². The molecule has 2 aromatic heterocycles. The maximum Gasteiger partial charge on any atom is 0.260 e. The standard InChI is InChI=1S/C36H22BNO2.C36H21BO2.C32H19BO2.C30H18BNO2/c1-5-13-30-26(9-1)27-10-2-6-14-31(27)38(30)25-19-17-23(18-20-25)24-21-34-36-35(22-24)40-33-16-8-4-12-29(33)37(36)28-11-3-7-15-32(28)39-34;1-2-11-26-24(9-1)25-10-3-4-12-27(25)29-19-22(17-18-28(26)29)23-20-34-36-35(21-23)39-33-16-8-6-14-31(33)37(36)30-13-5-7-15-32(30)38-34;1-2-10-22-20(9-1)17-25(24-12-4-3-11-23(22)24)21-18-30-32-31(19-21)35-29-16-8-6-14-27(29)33(32)26-13-5-7-15-28(26)34-30;1-5-13-24-20(9-1)21-10-2-6-14-25(21)32(24)19-17-28-30-29(18-19)34-27-16-8-4-12-23(27)31(30)22-11-3-7-15-26(22)33-28/h1-22H;1-21H;1-19H;1-18H. The molecule has 686 valence electrons. The van der Waals surface area contributed by atoms with Crippen molar-refractivity contribution in [1.29, 1.82) is 0 Å². The topological polar surface area (TPSA) is 83.7 Å². The zero-order chi connectivity index (χ0) is 96.9. The van der Waals surface area contributed by atoms with Crippen molar-refractivity contribution in [2.75, 3.05) is 0 Å². The van der Waals surface area contributed by atoms with E-state index in [9.17, 15) is 0 Å². The second-order valence-corrected chi connectivity index (χ2v) is 39.2. The highest BCUT2D eigenvalue weighted by Crippen LogP contribution is 2.49. The van der Waals surface area contributed by atoms with E-state index >= 15 is 0 Å². The maximum atomic E-state index is 6.54. The van der Waals surface area contributed by atoms with Gasteiger partial charge in [0.15, 0.2) is 0 Å². The normalized spacial score (nSPS) is 13.0. The lowest BCUT2D eigenvalue weighted by Crippen LogP contribution is -2.57. The zero-order valence-corrected chi connectivity index (χ0v) is 79.7. The van der Waals surface area contributed by atoms with Gasteiger partial charge in [0.05, 0.1) is 27.8 Å². The minimum Gasteiger partial charge on any atom is -0.458 e. The van der Waals surface area contributed by atoms with Crippen LogP contribution >= 0.6 is 0 Å². The van der Waals surface area contributed by atoms with Crippen LogP contribution in [-0.4, -0.2) is 36.0 Å². The van der Waals surface area contributed by atoms with Gasteiger partial charge in [0, 0.05) is 61.2 Å². The van der Waals surface area contributed by atoms with Crippen LogP contribution < -0.4 is 103 Å². The Labute approximate surface area is 852 Å². The lowest BCUT2D eigenvalue weighted by molar-refractivity contribution is 0.464. The van der Waals surface area contributed by atoms with Crippen molar-refractivity contribution in [3.05, 3.63) is 485 Å². The summed E-state index contributed by atoms with van der Waals surface area (Å²) in [5.74, 6) is 14.1. The van der Waals surface area contributed by atoms with Gasteiger partial charge in [-0.2, -0.15) is 0 Å². The highest BCUT2D eigenvalue weighted by atomic mass is 16.5. The van der Waals surface area contributed by atoms with Crippen LogP contribution in [0.5, 0.6) is 92.0 Å². The number of fused-ring (bicyclic) bond motifs is 31. The molecule has 0 saturated heterocycles. The zero-order valence-electron chi connectivity index (χ0n) is 79.7. The molecule has 10 heterocycles. The van der Waals surface area contributed by atoms with E-state index in [0.29, 0.717) is 0 Å². The van der Waals surface area contributed by atoms with Crippen molar-refractivity contribution < 1.29 is 37.9 Å². The highest BCUT2D eigenvalue weighted by Gasteiger charge is 2.46. The average molecular weight is 1890 g/mol. The monoisotopic (exact) mass is 1890 g/mol. The molecule has 0 radical (unpaired) electrons. The summed E-state index contributed by atoms with van der Waals surface area (Å²) in [7, 11) is 0. The van der Waals surface area contributed by atoms with Gasteiger partial charge in [0.25, 0.3) is 26.9 Å². The Balaban J connectivity index is 0.0000000894. The summed E-state index contributed by atoms with van der Waals surface area (Å²) in [4.78, 5) is 0. The first-order valence-corrected chi connectivity index (χ1v) is 50.6.